The van der Waals surface area contributed by atoms with Crippen LogP contribution in [0.2, 0.25) is 0 Å². The molecule has 0 radical (unpaired) electrons. The maximum absolute atomic E-state index is 11.8. The van der Waals surface area contributed by atoms with Gasteiger partial charge in [0.1, 0.15) is 0 Å². The molecule has 2 aromatic rings. The lowest BCUT2D eigenvalue weighted by molar-refractivity contribution is 0.0827. The Morgan fingerprint density at radius 2 is 1.30 bits per heavy atom. The highest BCUT2D eigenvalue weighted by Crippen LogP contribution is 2.23. The molecule has 1 amide bonds. The van der Waals surface area contributed by atoms with E-state index in [2.05, 4.69) is 38.1 Å². The number of hydrogen-bond acceptors (Lipinski definition) is 1. The summed E-state index contributed by atoms with van der Waals surface area (Å²) in [5, 5.41) is 0. The van der Waals surface area contributed by atoms with Crippen LogP contribution in [0, 0.1) is 0 Å². The normalized spacial score (nSPS) is 10.7. The molecular weight excluding hydrogens is 246 g/mol. The molecule has 0 atom stereocenters. The van der Waals surface area contributed by atoms with E-state index in [1.807, 2.05) is 24.3 Å². The van der Waals surface area contributed by atoms with Crippen molar-refractivity contribution in [1.29, 1.82) is 0 Å². The van der Waals surface area contributed by atoms with Gasteiger partial charge in [-0.3, -0.25) is 4.79 Å². The van der Waals surface area contributed by atoms with Crippen LogP contribution in [0.1, 0.15) is 35.7 Å². The Labute approximate surface area is 121 Å². The second kappa shape index (κ2) is 5.91. The molecule has 0 fully saturated rings. The minimum absolute atomic E-state index is 0.0340. The van der Waals surface area contributed by atoms with Gasteiger partial charge in [0, 0.05) is 19.7 Å². The number of hydrogen-bond donors (Lipinski definition) is 0. The van der Waals surface area contributed by atoms with Gasteiger partial charge in [-0.2, -0.15) is 0 Å². The first-order valence-electron chi connectivity index (χ1n) is 6.91. The lowest BCUT2D eigenvalue weighted by atomic mass is 9.98. The third kappa shape index (κ3) is 3.08. The maximum atomic E-state index is 11.8. The Morgan fingerprint density at radius 3 is 1.70 bits per heavy atom. The van der Waals surface area contributed by atoms with Crippen LogP contribution < -0.4 is 0 Å². The molecule has 0 bridgehead atoms. The monoisotopic (exact) mass is 267 g/mol. The number of rotatable bonds is 3. The van der Waals surface area contributed by atoms with E-state index in [1.165, 1.54) is 11.1 Å². The molecule has 20 heavy (non-hydrogen) atoms. The summed E-state index contributed by atoms with van der Waals surface area (Å²) < 4.78 is 0. The fourth-order valence-electron chi connectivity index (χ4n) is 2.12. The van der Waals surface area contributed by atoms with Gasteiger partial charge in [0.05, 0.1) is 0 Å². The van der Waals surface area contributed by atoms with Gasteiger partial charge in [-0.15, -0.1) is 0 Å². The molecule has 0 aliphatic heterocycles. The molecule has 2 nitrogen and oxygen atoms in total. The van der Waals surface area contributed by atoms with Crippen molar-refractivity contribution in [3.05, 3.63) is 59.7 Å². The van der Waals surface area contributed by atoms with E-state index in [1.54, 1.807) is 19.0 Å². The summed E-state index contributed by atoms with van der Waals surface area (Å²) in [4.78, 5) is 13.4. The van der Waals surface area contributed by atoms with Crippen LogP contribution >= 0.6 is 0 Å². The summed E-state index contributed by atoms with van der Waals surface area (Å²) in [5.41, 5.74) is 4.37. The Hall–Kier alpha value is -2.09. The molecule has 0 saturated carbocycles. The van der Waals surface area contributed by atoms with Crippen molar-refractivity contribution in [1.82, 2.24) is 4.90 Å². The fourth-order valence-corrected chi connectivity index (χ4v) is 2.12. The van der Waals surface area contributed by atoms with Gasteiger partial charge in [0.2, 0.25) is 0 Å². The number of nitrogens with zero attached hydrogens (tertiary/aromatic N) is 1. The van der Waals surface area contributed by atoms with Crippen molar-refractivity contribution in [2.75, 3.05) is 14.1 Å². The molecule has 0 aliphatic rings. The Balaban J connectivity index is 2.23. The first-order valence-corrected chi connectivity index (χ1v) is 6.91. The van der Waals surface area contributed by atoms with Gasteiger partial charge in [0.25, 0.3) is 5.91 Å². The number of carbonyl (C=O) groups excluding carboxylic acids is 1. The van der Waals surface area contributed by atoms with Gasteiger partial charge in [-0.05, 0) is 34.7 Å². The third-order valence-electron chi connectivity index (χ3n) is 3.45. The summed E-state index contributed by atoms with van der Waals surface area (Å²) >= 11 is 0. The quantitative estimate of drug-likeness (QED) is 0.817. The van der Waals surface area contributed by atoms with Crippen molar-refractivity contribution >= 4 is 5.91 Å². The second-order valence-electron chi connectivity index (χ2n) is 5.55. The second-order valence-corrected chi connectivity index (χ2v) is 5.55. The third-order valence-corrected chi connectivity index (χ3v) is 3.45. The topological polar surface area (TPSA) is 20.3 Å². The summed E-state index contributed by atoms with van der Waals surface area (Å²) in [7, 11) is 3.53. The standard InChI is InChI=1S/C18H21NO/c1-13(2)14-5-7-15(8-6-14)16-9-11-17(12-10-16)18(20)19(3)4/h5-13H,1-4H3. The molecule has 0 aromatic heterocycles. The van der Waals surface area contributed by atoms with E-state index in [0.29, 0.717) is 5.92 Å². The molecule has 0 heterocycles. The fraction of sp³-hybridized carbons (Fsp3) is 0.278. The van der Waals surface area contributed by atoms with Crippen molar-refractivity contribution in [2.45, 2.75) is 19.8 Å². The van der Waals surface area contributed by atoms with E-state index in [-0.39, 0.29) is 5.91 Å². The molecule has 0 saturated heterocycles. The van der Waals surface area contributed by atoms with Crippen molar-refractivity contribution < 1.29 is 4.79 Å². The van der Waals surface area contributed by atoms with Crippen LogP contribution in [0.25, 0.3) is 11.1 Å². The smallest absolute Gasteiger partial charge is 0.253 e. The minimum atomic E-state index is 0.0340. The highest BCUT2D eigenvalue weighted by Gasteiger charge is 2.07. The zero-order valence-electron chi connectivity index (χ0n) is 12.6. The molecule has 104 valence electrons. The van der Waals surface area contributed by atoms with Gasteiger partial charge < -0.3 is 4.90 Å². The van der Waals surface area contributed by atoms with E-state index < -0.39 is 0 Å². The zero-order valence-corrected chi connectivity index (χ0v) is 12.6. The van der Waals surface area contributed by atoms with Crippen LogP contribution in [-0.4, -0.2) is 24.9 Å². The average molecular weight is 267 g/mol. The van der Waals surface area contributed by atoms with E-state index >= 15 is 0 Å². The molecule has 0 spiro atoms. The molecule has 2 rings (SSSR count). The molecule has 2 heteroatoms. The average Bonchev–Trinajstić information content (AvgIpc) is 2.46. The Morgan fingerprint density at radius 1 is 0.850 bits per heavy atom. The molecule has 0 unspecified atom stereocenters. The predicted octanol–water partition coefficient (Wildman–Crippen LogP) is 4.18. The highest BCUT2D eigenvalue weighted by atomic mass is 16.2. The lowest BCUT2D eigenvalue weighted by Crippen LogP contribution is -2.21. The van der Waals surface area contributed by atoms with Gasteiger partial charge in [0.15, 0.2) is 0 Å². The van der Waals surface area contributed by atoms with Gasteiger partial charge in [-0.1, -0.05) is 50.2 Å². The molecule has 0 N–H and O–H groups in total. The van der Waals surface area contributed by atoms with Crippen LogP contribution in [0.15, 0.2) is 48.5 Å². The van der Waals surface area contributed by atoms with Gasteiger partial charge in [-0.25, -0.2) is 0 Å². The Bertz CT molecular complexity index is 580. The predicted molar refractivity (Wildman–Crippen MR) is 84.0 cm³/mol. The van der Waals surface area contributed by atoms with Crippen molar-refractivity contribution in [2.24, 2.45) is 0 Å². The zero-order chi connectivity index (χ0) is 14.7. The van der Waals surface area contributed by atoms with Gasteiger partial charge >= 0.3 is 0 Å². The van der Waals surface area contributed by atoms with Crippen molar-refractivity contribution in [3.8, 4) is 11.1 Å². The SMILES string of the molecule is CC(C)c1ccc(-c2ccc(C(=O)N(C)C)cc2)cc1. The van der Waals surface area contributed by atoms with E-state index in [0.717, 1.165) is 11.1 Å². The maximum Gasteiger partial charge on any atom is 0.253 e. The summed E-state index contributed by atoms with van der Waals surface area (Å²) in [6, 6.07) is 16.4. The van der Waals surface area contributed by atoms with E-state index in [4.69, 9.17) is 0 Å². The summed E-state index contributed by atoms with van der Waals surface area (Å²) in [6.45, 7) is 4.38. The first-order chi connectivity index (χ1) is 9.49. The largest absolute Gasteiger partial charge is 0.345 e. The molecular formula is C18H21NO. The van der Waals surface area contributed by atoms with Crippen LogP contribution in [0.5, 0.6) is 0 Å². The van der Waals surface area contributed by atoms with Crippen molar-refractivity contribution in [3.63, 3.8) is 0 Å². The van der Waals surface area contributed by atoms with Crippen LogP contribution in [0.3, 0.4) is 0 Å². The number of benzene rings is 2. The number of carbonyl (C=O) groups is 1. The molecule has 0 aliphatic carbocycles. The summed E-state index contributed by atoms with van der Waals surface area (Å²) in [5.74, 6) is 0.579. The lowest BCUT2D eigenvalue weighted by Gasteiger charge is -2.11. The van der Waals surface area contributed by atoms with Crippen LogP contribution in [-0.2, 0) is 0 Å². The molecule has 2 aromatic carbocycles. The minimum Gasteiger partial charge on any atom is -0.345 e. The van der Waals surface area contributed by atoms with E-state index in [9.17, 15) is 4.79 Å². The first kappa shape index (κ1) is 14.3. The number of amides is 1. The summed E-state index contributed by atoms with van der Waals surface area (Å²) in [6.07, 6.45) is 0. The highest BCUT2D eigenvalue weighted by molar-refractivity contribution is 5.94. The van der Waals surface area contributed by atoms with Crippen LogP contribution in [0.4, 0.5) is 0 Å². The Kier molecular flexibility index (Phi) is 4.23.